The summed E-state index contributed by atoms with van der Waals surface area (Å²) in [4.78, 5) is 37.4. The van der Waals surface area contributed by atoms with Crippen molar-refractivity contribution in [3.63, 3.8) is 0 Å². The summed E-state index contributed by atoms with van der Waals surface area (Å²) < 4.78 is 89.2. The molecular weight excluding hydrogens is 566 g/mol. The molecule has 3 amide bonds. The Labute approximate surface area is 227 Å². The van der Waals surface area contributed by atoms with Gasteiger partial charge in [-0.05, 0) is 44.0 Å². The number of carbonyl (C=O) groups is 2. The Kier molecular flexibility index (Phi) is 7.07. The molecule has 2 aliphatic rings. The van der Waals surface area contributed by atoms with E-state index in [2.05, 4.69) is 30.6 Å². The fourth-order valence-electron chi connectivity index (χ4n) is 4.08. The standard InChI is InChI=1S/C23H24F6N8O4/c1-21(2,23(27,28)29)40-9-13(32-19(38)16-15(10-3-4-10)35-41-36-16)18-31-12-6-5-11(30-17(12)34-18)7-37-8-14(22(24,25)26)33-20(37)39/h5-6,10,13-14H,3-4,7-9H2,1-2H3,(H,32,38)(H,33,39)(H,30,31,34)/t13-,14+/m0/s1. The molecule has 1 saturated carbocycles. The zero-order chi connectivity index (χ0) is 29.7. The van der Waals surface area contributed by atoms with Gasteiger partial charge in [0, 0.05) is 5.92 Å². The highest BCUT2D eigenvalue weighted by Crippen LogP contribution is 2.40. The van der Waals surface area contributed by atoms with Crippen LogP contribution in [0, 0.1) is 0 Å². The number of H-pyrrole nitrogens is 1. The fourth-order valence-corrected chi connectivity index (χ4v) is 4.08. The molecule has 12 nitrogen and oxygen atoms in total. The first-order valence-electron chi connectivity index (χ1n) is 12.4. The van der Waals surface area contributed by atoms with Gasteiger partial charge in [-0.2, -0.15) is 26.3 Å². The van der Waals surface area contributed by atoms with E-state index in [0.29, 0.717) is 11.2 Å². The highest BCUT2D eigenvalue weighted by atomic mass is 19.4. The summed E-state index contributed by atoms with van der Waals surface area (Å²) in [6.07, 6.45) is -7.75. The molecule has 0 radical (unpaired) electrons. The van der Waals surface area contributed by atoms with Gasteiger partial charge in [0.1, 0.15) is 23.6 Å². The van der Waals surface area contributed by atoms with Crippen LogP contribution in [0.1, 0.15) is 66.3 Å². The molecule has 3 N–H and O–H groups in total. The van der Waals surface area contributed by atoms with Gasteiger partial charge >= 0.3 is 18.4 Å². The smallest absolute Gasteiger partial charge is 0.364 e. The van der Waals surface area contributed by atoms with Crippen LogP contribution in [0.4, 0.5) is 31.1 Å². The summed E-state index contributed by atoms with van der Waals surface area (Å²) in [5, 5.41) is 11.8. The van der Waals surface area contributed by atoms with Crippen LogP contribution in [-0.2, 0) is 11.3 Å². The molecule has 2 atom stereocenters. The third-order valence-corrected chi connectivity index (χ3v) is 6.78. The monoisotopic (exact) mass is 590 g/mol. The summed E-state index contributed by atoms with van der Waals surface area (Å²) in [7, 11) is 0. The summed E-state index contributed by atoms with van der Waals surface area (Å²) in [5.74, 6) is -0.768. The van der Waals surface area contributed by atoms with Crippen molar-refractivity contribution in [2.75, 3.05) is 13.2 Å². The van der Waals surface area contributed by atoms with E-state index in [1.54, 1.807) is 0 Å². The van der Waals surface area contributed by atoms with Crippen molar-refractivity contribution in [1.29, 1.82) is 0 Å². The van der Waals surface area contributed by atoms with Gasteiger partial charge in [0.05, 0.1) is 30.9 Å². The fraction of sp³-hybridized carbons (Fsp3) is 0.565. The van der Waals surface area contributed by atoms with E-state index >= 15 is 0 Å². The largest absolute Gasteiger partial charge is 0.416 e. The number of aromatic nitrogens is 5. The van der Waals surface area contributed by atoms with Crippen LogP contribution in [0.5, 0.6) is 0 Å². The Bertz CT molecular complexity index is 1450. The molecule has 5 rings (SSSR count). The van der Waals surface area contributed by atoms with Crippen molar-refractivity contribution in [2.45, 2.75) is 69.2 Å². The quantitative estimate of drug-likeness (QED) is 0.321. The lowest BCUT2D eigenvalue weighted by molar-refractivity contribution is -0.265. The molecule has 3 aromatic heterocycles. The first kappa shape index (κ1) is 28.6. The number of fused-ring (bicyclic) bond motifs is 1. The first-order chi connectivity index (χ1) is 19.1. The van der Waals surface area contributed by atoms with Gasteiger partial charge in [0.25, 0.3) is 5.91 Å². The molecule has 1 saturated heterocycles. The average Bonchev–Trinajstić information content (AvgIpc) is 3.27. The lowest BCUT2D eigenvalue weighted by atomic mass is 10.1. The number of halogens is 6. The van der Waals surface area contributed by atoms with Crippen molar-refractivity contribution in [3.8, 4) is 0 Å². The van der Waals surface area contributed by atoms with Gasteiger partial charge in [-0.15, -0.1) is 0 Å². The number of aromatic amines is 1. The highest BCUT2D eigenvalue weighted by Gasteiger charge is 2.49. The van der Waals surface area contributed by atoms with Gasteiger partial charge in [0.2, 0.25) is 0 Å². The average molecular weight is 590 g/mol. The molecule has 18 heteroatoms. The molecule has 0 bridgehead atoms. The number of pyridine rings is 1. The molecule has 3 aromatic rings. The normalized spacial score (nSPS) is 19.1. The van der Waals surface area contributed by atoms with Crippen molar-refractivity contribution in [3.05, 3.63) is 35.0 Å². The first-order valence-corrected chi connectivity index (χ1v) is 12.4. The lowest BCUT2D eigenvalue weighted by Crippen LogP contribution is -2.44. The van der Waals surface area contributed by atoms with E-state index in [9.17, 15) is 35.9 Å². The van der Waals surface area contributed by atoms with Crippen LogP contribution in [-0.4, -0.2) is 79.3 Å². The van der Waals surface area contributed by atoms with Crippen LogP contribution in [0.2, 0.25) is 0 Å². The third-order valence-electron chi connectivity index (χ3n) is 6.78. The maximum atomic E-state index is 13.4. The molecule has 0 spiro atoms. The minimum absolute atomic E-state index is 0.00113. The number of hydrogen-bond acceptors (Lipinski definition) is 8. The van der Waals surface area contributed by atoms with Gasteiger partial charge in [-0.25, -0.2) is 19.4 Å². The maximum absolute atomic E-state index is 13.4. The number of hydrogen-bond donors (Lipinski definition) is 3. The Hall–Kier alpha value is -3.96. The third kappa shape index (κ3) is 6.06. The van der Waals surface area contributed by atoms with Gasteiger partial charge in [-0.3, -0.25) is 4.79 Å². The van der Waals surface area contributed by atoms with Crippen LogP contribution >= 0.6 is 0 Å². The van der Waals surface area contributed by atoms with Gasteiger partial charge in [0.15, 0.2) is 16.9 Å². The molecule has 0 unspecified atom stereocenters. The number of nitrogens with zero attached hydrogens (tertiary/aromatic N) is 5. The Morgan fingerprint density at radius 1 is 1.17 bits per heavy atom. The van der Waals surface area contributed by atoms with Crippen LogP contribution in [0.15, 0.2) is 16.8 Å². The second kappa shape index (κ2) is 10.1. The zero-order valence-electron chi connectivity index (χ0n) is 21.6. The van der Waals surface area contributed by atoms with E-state index in [-0.39, 0.29) is 35.3 Å². The molecule has 41 heavy (non-hydrogen) atoms. The minimum atomic E-state index is -4.71. The topological polar surface area (TPSA) is 151 Å². The number of imidazole rings is 1. The molecule has 0 aromatic carbocycles. The van der Waals surface area contributed by atoms with E-state index in [0.717, 1.165) is 31.6 Å². The van der Waals surface area contributed by atoms with Crippen LogP contribution < -0.4 is 10.6 Å². The number of rotatable bonds is 9. The SMILES string of the molecule is CC(C)(OC[C@H](NC(=O)c1nonc1C1CC1)c1nc2nc(CN3C[C@H](C(F)(F)F)NC3=O)ccc2[nH]1)C(F)(F)F. The highest BCUT2D eigenvalue weighted by molar-refractivity contribution is 5.93. The predicted octanol–water partition coefficient (Wildman–Crippen LogP) is 3.50. The molecule has 222 valence electrons. The Morgan fingerprint density at radius 2 is 1.90 bits per heavy atom. The summed E-state index contributed by atoms with van der Waals surface area (Å²) >= 11 is 0. The van der Waals surface area contributed by atoms with Crippen LogP contribution in [0.3, 0.4) is 0 Å². The molecule has 2 fully saturated rings. The maximum Gasteiger partial charge on any atom is 0.416 e. The van der Waals surface area contributed by atoms with E-state index in [4.69, 9.17) is 9.37 Å². The molecule has 1 aliphatic heterocycles. The molecule has 4 heterocycles. The number of amides is 3. The molecular formula is C23H24F6N8O4. The van der Waals surface area contributed by atoms with Crippen molar-refractivity contribution in [1.82, 2.24) is 40.8 Å². The zero-order valence-corrected chi connectivity index (χ0v) is 21.6. The number of ether oxygens (including phenoxy) is 1. The Balaban J connectivity index is 1.37. The summed E-state index contributed by atoms with van der Waals surface area (Å²) in [5.41, 5.74) is -1.74. The van der Waals surface area contributed by atoms with Crippen molar-refractivity contribution >= 4 is 23.1 Å². The van der Waals surface area contributed by atoms with Crippen molar-refractivity contribution in [2.24, 2.45) is 0 Å². The second-order valence-electron chi connectivity index (χ2n) is 10.3. The number of alkyl halides is 6. The molecule has 1 aliphatic carbocycles. The minimum Gasteiger partial charge on any atom is -0.364 e. The van der Waals surface area contributed by atoms with Gasteiger partial charge < -0.3 is 25.3 Å². The van der Waals surface area contributed by atoms with E-state index in [1.165, 1.54) is 12.1 Å². The number of urea groups is 1. The van der Waals surface area contributed by atoms with E-state index < -0.39 is 55.1 Å². The summed E-state index contributed by atoms with van der Waals surface area (Å²) in [6, 6.07) is -1.20. The van der Waals surface area contributed by atoms with Crippen molar-refractivity contribution < 1.29 is 45.3 Å². The van der Waals surface area contributed by atoms with Gasteiger partial charge in [-0.1, -0.05) is 5.16 Å². The predicted molar refractivity (Wildman–Crippen MR) is 125 cm³/mol. The summed E-state index contributed by atoms with van der Waals surface area (Å²) in [6.45, 7) is 0.171. The number of carbonyl (C=O) groups excluding carboxylic acids is 2. The number of nitrogens with one attached hydrogen (secondary N) is 3. The second-order valence-corrected chi connectivity index (χ2v) is 10.3. The Morgan fingerprint density at radius 3 is 2.54 bits per heavy atom. The van der Waals surface area contributed by atoms with E-state index in [1.807, 2.05) is 5.32 Å². The lowest BCUT2D eigenvalue weighted by Gasteiger charge is -2.29. The van der Waals surface area contributed by atoms with Crippen LogP contribution in [0.25, 0.3) is 11.2 Å².